The molecule has 184 valence electrons. The number of hydrogen-bond acceptors (Lipinski definition) is 6. The van der Waals surface area contributed by atoms with Crippen molar-refractivity contribution >= 4 is 23.3 Å². The van der Waals surface area contributed by atoms with Crippen LogP contribution in [-0.2, 0) is 23.9 Å². The van der Waals surface area contributed by atoms with Gasteiger partial charge in [-0.1, -0.05) is 34.1 Å². The molecule has 0 aliphatic heterocycles. The van der Waals surface area contributed by atoms with Crippen molar-refractivity contribution in [2.24, 2.45) is 22.7 Å². The number of rotatable bonds is 14. The van der Waals surface area contributed by atoms with Crippen LogP contribution < -0.4 is 0 Å². The van der Waals surface area contributed by atoms with E-state index >= 15 is 0 Å². The van der Waals surface area contributed by atoms with Gasteiger partial charge in [0.1, 0.15) is 23.5 Å². The summed E-state index contributed by atoms with van der Waals surface area (Å²) < 4.78 is 4.97. The molecule has 0 saturated heterocycles. The van der Waals surface area contributed by atoms with Crippen molar-refractivity contribution in [1.29, 1.82) is 0 Å². The number of aliphatic hydroxyl groups is 1. The molecule has 1 N–H and O–H groups in total. The van der Waals surface area contributed by atoms with Gasteiger partial charge in [-0.15, -0.1) is 0 Å². The summed E-state index contributed by atoms with van der Waals surface area (Å²) in [5.41, 5.74) is -0.385. The minimum Gasteiger partial charge on any atom is -0.460 e. The molecule has 0 aromatic rings. The van der Waals surface area contributed by atoms with E-state index in [2.05, 4.69) is 20.8 Å². The fourth-order valence-electron chi connectivity index (χ4n) is 5.51. The normalized spacial score (nSPS) is 24.4. The number of carbonyl (C=O) groups excluding carboxylic acids is 4. The third-order valence-corrected chi connectivity index (χ3v) is 7.37. The molecule has 1 unspecified atom stereocenters. The van der Waals surface area contributed by atoms with Crippen molar-refractivity contribution in [3.8, 4) is 0 Å². The number of esters is 1. The molecule has 32 heavy (non-hydrogen) atoms. The fourth-order valence-corrected chi connectivity index (χ4v) is 5.51. The molecule has 6 heteroatoms. The summed E-state index contributed by atoms with van der Waals surface area (Å²) in [5.74, 6) is 0.292. The van der Waals surface area contributed by atoms with Gasteiger partial charge in [0.2, 0.25) is 0 Å². The van der Waals surface area contributed by atoms with Crippen molar-refractivity contribution < 1.29 is 29.0 Å². The van der Waals surface area contributed by atoms with Gasteiger partial charge in [0.25, 0.3) is 0 Å². The number of ketones is 3. The Morgan fingerprint density at radius 3 is 2.22 bits per heavy atom. The smallest absolute Gasteiger partial charge is 0.302 e. The lowest BCUT2D eigenvalue weighted by molar-refractivity contribution is -0.149. The van der Waals surface area contributed by atoms with Gasteiger partial charge in [-0.25, -0.2) is 0 Å². The fraction of sp³-hybridized carbons (Fsp3) is 0.846. The summed E-state index contributed by atoms with van der Waals surface area (Å²) in [7, 11) is 0. The van der Waals surface area contributed by atoms with E-state index in [9.17, 15) is 24.3 Å². The van der Waals surface area contributed by atoms with Crippen LogP contribution in [0, 0.1) is 22.7 Å². The topological polar surface area (TPSA) is 97.7 Å². The van der Waals surface area contributed by atoms with Crippen LogP contribution in [0.1, 0.15) is 106 Å². The van der Waals surface area contributed by atoms with Crippen LogP contribution in [0.15, 0.2) is 0 Å². The summed E-state index contributed by atoms with van der Waals surface area (Å²) >= 11 is 0. The Hall–Kier alpha value is -1.56. The summed E-state index contributed by atoms with van der Waals surface area (Å²) in [6.45, 7) is 11.1. The molecule has 1 aliphatic carbocycles. The second kappa shape index (κ2) is 12.6. The van der Waals surface area contributed by atoms with Gasteiger partial charge in [0, 0.05) is 38.0 Å². The molecule has 6 nitrogen and oxygen atoms in total. The van der Waals surface area contributed by atoms with Crippen LogP contribution in [0.3, 0.4) is 0 Å². The van der Waals surface area contributed by atoms with Gasteiger partial charge in [-0.3, -0.25) is 14.4 Å². The molecular weight excluding hydrogens is 408 g/mol. The highest BCUT2D eigenvalue weighted by atomic mass is 16.5. The van der Waals surface area contributed by atoms with E-state index in [1.165, 1.54) is 6.92 Å². The van der Waals surface area contributed by atoms with Crippen LogP contribution in [-0.4, -0.2) is 41.1 Å². The molecule has 0 aromatic heterocycles. The SMILES string of the molecule is CC(=O)CC[C@@H]1C(C)(C)CCC[C@@]1(C)C(=O)CC[C@@H](C)CC(=O)CCC(CO)OC(C)=O. The van der Waals surface area contributed by atoms with Crippen LogP contribution in [0.25, 0.3) is 0 Å². The lowest BCUT2D eigenvalue weighted by atomic mass is 9.53. The van der Waals surface area contributed by atoms with Crippen LogP contribution in [0.4, 0.5) is 0 Å². The monoisotopic (exact) mass is 452 g/mol. The third-order valence-electron chi connectivity index (χ3n) is 7.37. The molecule has 0 bridgehead atoms. The highest BCUT2D eigenvalue weighted by Gasteiger charge is 2.49. The second-order valence-electron chi connectivity index (χ2n) is 10.8. The van der Waals surface area contributed by atoms with Gasteiger partial charge in [-0.05, 0) is 56.3 Å². The maximum absolute atomic E-state index is 13.4. The number of aliphatic hydroxyl groups excluding tert-OH is 1. The standard InChI is InChI=1S/C26H44O6/c1-18(16-21(30)10-11-22(17-27)32-20(3)29)8-13-24(31)26(6)15-7-14-25(4,5)23(26)12-9-19(2)28/h18,22-23,27H,7-17H2,1-6H3/t18-,22?,23-,26-/m1/s1. The molecule has 1 aliphatic rings. The van der Waals surface area contributed by atoms with E-state index in [0.29, 0.717) is 32.1 Å². The molecule has 4 atom stereocenters. The highest BCUT2D eigenvalue weighted by molar-refractivity contribution is 5.85. The maximum Gasteiger partial charge on any atom is 0.302 e. The predicted octanol–water partition coefficient (Wildman–Crippen LogP) is 4.84. The lowest BCUT2D eigenvalue weighted by Gasteiger charge is -2.50. The zero-order chi connectivity index (χ0) is 24.5. The largest absolute Gasteiger partial charge is 0.460 e. The molecular formula is C26H44O6. The summed E-state index contributed by atoms with van der Waals surface area (Å²) in [6, 6.07) is 0. The molecule has 0 radical (unpaired) electrons. The average Bonchev–Trinajstić information content (AvgIpc) is 2.67. The molecule has 1 rings (SSSR count). The minimum atomic E-state index is -0.644. The molecule has 0 aromatic carbocycles. The zero-order valence-corrected chi connectivity index (χ0v) is 21.0. The molecule has 0 amide bonds. The van der Waals surface area contributed by atoms with Gasteiger partial charge in [-0.2, -0.15) is 0 Å². The van der Waals surface area contributed by atoms with E-state index in [0.717, 1.165) is 25.7 Å². The quantitative estimate of drug-likeness (QED) is 0.379. The molecule has 0 heterocycles. The van der Waals surface area contributed by atoms with E-state index in [1.54, 1.807) is 6.92 Å². The van der Waals surface area contributed by atoms with Crippen molar-refractivity contribution in [2.45, 2.75) is 112 Å². The Morgan fingerprint density at radius 1 is 1.00 bits per heavy atom. The Bertz CT molecular complexity index is 667. The first-order chi connectivity index (χ1) is 14.8. The maximum atomic E-state index is 13.4. The Morgan fingerprint density at radius 2 is 1.66 bits per heavy atom. The van der Waals surface area contributed by atoms with Crippen LogP contribution >= 0.6 is 0 Å². The van der Waals surface area contributed by atoms with Crippen molar-refractivity contribution in [1.82, 2.24) is 0 Å². The van der Waals surface area contributed by atoms with Crippen LogP contribution in [0.5, 0.6) is 0 Å². The zero-order valence-electron chi connectivity index (χ0n) is 21.0. The number of Topliss-reactive ketones (excluding diaryl/α,β-unsaturated/α-hetero) is 3. The Labute approximate surface area is 193 Å². The molecule has 0 spiro atoms. The first-order valence-electron chi connectivity index (χ1n) is 12.1. The second-order valence-corrected chi connectivity index (χ2v) is 10.8. The van der Waals surface area contributed by atoms with Crippen molar-refractivity contribution in [3.63, 3.8) is 0 Å². The third kappa shape index (κ3) is 8.76. The summed E-state index contributed by atoms with van der Waals surface area (Å²) in [5, 5.41) is 9.25. The number of carbonyl (C=O) groups is 4. The van der Waals surface area contributed by atoms with Crippen LogP contribution in [0.2, 0.25) is 0 Å². The van der Waals surface area contributed by atoms with E-state index in [4.69, 9.17) is 4.74 Å². The number of ether oxygens (including phenoxy) is 1. The predicted molar refractivity (Wildman–Crippen MR) is 124 cm³/mol. The van der Waals surface area contributed by atoms with E-state index in [-0.39, 0.29) is 47.6 Å². The average molecular weight is 453 g/mol. The van der Waals surface area contributed by atoms with Gasteiger partial charge in [0.05, 0.1) is 6.61 Å². The first kappa shape index (κ1) is 28.5. The Kier molecular flexibility index (Phi) is 11.2. The summed E-state index contributed by atoms with van der Waals surface area (Å²) in [4.78, 5) is 48.3. The lowest BCUT2D eigenvalue weighted by Crippen LogP contribution is -2.47. The molecule has 1 fully saturated rings. The summed E-state index contributed by atoms with van der Waals surface area (Å²) in [6.07, 6.45) is 5.64. The van der Waals surface area contributed by atoms with Crippen molar-refractivity contribution in [3.05, 3.63) is 0 Å². The Balaban J connectivity index is 2.61. The molecule has 1 saturated carbocycles. The number of hydrogen-bond donors (Lipinski definition) is 1. The van der Waals surface area contributed by atoms with Gasteiger partial charge < -0.3 is 14.6 Å². The highest BCUT2D eigenvalue weighted by Crippen LogP contribution is 2.54. The minimum absolute atomic E-state index is 0.0326. The van der Waals surface area contributed by atoms with E-state index in [1.807, 2.05) is 6.92 Å². The van der Waals surface area contributed by atoms with Gasteiger partial charge >= 0.3 is 5.97 Å². The first-order valence-corrected chi connectivity index (χ1v) is 12.1. The van der Waals surface area contributed by atoms with Crippen molar-refractivity contribution in [2.75, 3.05) is 6.61 Å². The van der Waals surface area contributed by atoms with Gasteiger partial charge in [0.15, 0.2) is 0 Å². The van der Waals surface area contributed by atoms with E-state index < -0.39 is 17.5 Å².